The largest absolute Gasteiger partial charge is 0.376 e. The van der Waals surface area contributed by atoms with Crippen LogP contribution in [0.25, 0.3) is 0 Å². The summed E-state index contributed by atoms with van der Waals surface area (Å²) in [6.45, 7) is 6.47. The van der Waals surface area contributed by atoms with Crippen molar-refractivity contribution in [3.8, 4) is 0 Å². The van der Waals surface area contributed by atoms with Gasteiger partial charge in [-0.15, -0.1) is 0 Å². The summed E-state index contributed by atoms with van der Waals surface area (Å²) < 4.78 is 13.3. The number of hydrogen-bond acceptors (Lipinski definition) is 2. The van der Waals surface area contributed by atoms with Crippen molar-refractivity contribution in [1.82, 2.24) is 0 Å². The molecular formula is C16H29IO2. The van der Waals surface area contributed by atoms with E-state index >= 15 is 0 Å². The van der Waals surface area contributed by atoms with Gasteiger partial charge in [0.15, 0.2) is 0 Å². The molecule has 1 saturated heterocycles. The number of halogens is 1. The molecule has 1 aliphatic heterocycles. The SMILES string of the molecule is CC(C)C1CCC(CI)(OCC2CCCCO2)CC1. The molecule has 2 rings (SSSR count). The second-order valence-corrected chi connectivity index (χ2v) is 7.46. The third-order valence-electron chi connectivity index (χ3n) is 4.98. The smallest absolute Gasteiger partial charge is 0.0808 e. The molecule has 0 radical (unpaired) electrons. The van der Waals surface area contributed by atoms with Crippen LogP contribution in [0.2, 0.25) is 0 Å². The lowest BCUT2D eigenvalue weighted by Gasteiger charge is -2.41. The maximum Gasteiger partial charge on any atom is 0.0808 e. The van der Waals surface area contributed by atoms with E-state index < -0.39 is 0 Å². The molecular weight excluding hydrogens is 351 g/mol. The van der Waals surface area contributed by atoms with Crippen LogP contribution in [0.3, 0.4) is 0 Å². The van der Waals surface area contributed by atoms with Crippen LogP contribution in [-0.4, -0.2) is 29.3 Å². The maximum absolute atomic E-state index is 6.35. The molecule has 1 aliphatic carbocycles. The summed E-state index contributed by atoms with van der Waals surface area (Å²) in [4.78, 5) is 0. The molecule has 0 N–H and O–H groups in total. The molecule has 0 aromatic carbocycles. The van der Waals surface area contributed by atoms with E-state index in [2.05, 4.69) is 36.4 Å². The van der Waals surface area contributed by atoms with Gasteiger partial charge in [-0.2, -0.15) is 0 Å². The molecule has 2 nitrogen and oxygen atoms in total. The van der Waals surface area contributed by atoms with Gasteiger partial charge >= 0.3 is 0 Å². The van der Waals surface area contributed by atoms with Crippen LogP contribution in [0.15, 0.2) is 0 Å². The van der Waals surface area contributed by atoms with Gasteiger partial charge in [0, 0.05) is 11.0 Å². The second-order valence-electron chi connectivity index (χ2n) is 6.70. The van der Waals surface area contributed by atoms with Crippen molar-refractivity contribution in [2.75, 3.05) is 17.6 Å². The highest BCUT2D eigenvalue weighted by Crippen LogP contribution is 2.39. The van der Waals surface area contributed by atoms with Crippen molar-refractivity contribution in [2.45, 2.75) is 70.5 Å². The highest BCUT2D eigenvalue weighted by Gasteiger charge is 2.36. The molecule has 1 unspecified atom stereocenters. The van der Waals surface area contributed by atoms with E-state index in [0.717, 1.165) is 29.5 Å². The summed E-state index contributed by atoms with van der Waals surface area (Å²) in [6.07, 6.45) is 9.24. The lowest BCUT2D eigenvalue weighted by molar-refractivity contribution is -0.114. The first-order chi connectivity index (χ1) is 9.15. The quantitative estimate of drug-likeness (QED) is 0.513. The van der Waals surface area contributed by atoms with E-state index in [1.807, 2.05) is 0 Å². The van der Waals surface area contributed by atoms with Crippen molar-refractivity contribution in [3.63, 3.8) is 0 Å². The lowest BCUT2D eigenvalue weighted by Crippen LogP contribution is -2.42. The van der Waals surface area contributed by atoms with Gasteiger partial charge in [-0.25, -0.2) is 0 Å². The van der Waals surface area contributed by atoms with Crippen molar-refractivity contribution in [2.24, 2.45) is 11.8 Å². The lowest BCUT2D eigenvalue weighted by atomic mass is 9.75. The van der Waals surface area contributed by atoms with Gasteiger partial charge < -0.3 is 9.47 Å². The summed E-state index contributed by atoms with van der Waals surface area (Å²) in [5.41, 5.74) is 0.146. The molecule has 0 aromatic rings. The molecule has 2 fully saturated rings. The van der Waals surface area contributed by atoms with E-state index in [-0.39, 0.29) is 5.60 Å². The third kappa shape index (κ3) is 4.57. The minimum atomic E-state index is 0.146. The van der Waals surface area contributed by atoms with E-state index in [0.29, 0.717) is 6.10 Å². The molecule has 1 saturated carbocycles. The fraction of sp³-hybridized carbons (Fsp3) is 1.00. The predicted octanol–water partition coefficient (Wildman–Crippen LogP) is 4.59. The van der Waals surface area contributed by atoms with Crippen LogP contribution in [0.5, 0.6) is 0 Å². The normalized spacial score (nSPS) is 36.6. The Morgan fingerprint density at radius 3 is 2.47 bits per heavy atom. The zero-order valence-electron chi connectivity index (χ0n) is 12.5. The molecule has 2 aliphatic rings. The summed E-state index contributed by atoms with van der Waals surface area (Å²) in [5.74, 6) is 1.74. The molecule has 0 amide bonds. The van der Waals surface area contributed by atoms with Crippen molar-refractivity contribution < 1.29 is 9.47 Å². The average Bonchev–Trinajstić information content (AvgIpc) is 2.46. The Morgan fingerprint density at radius 1 is 1.21 bits per heavy atom. The van der Waals surface area contributed by atoms with Crippen LogP contribution < -0.4 is 0 Å². The van der Waals surface area contributed by atoms with Crippen LogP contribution in [-0.2, 0) is 9.47 Å². The van der Waals surface area contributed by atoms with Gasteiger partial charge in [0.2, 0.25) is 0 Å². The number of rotatable bonds is 5. The number of alkyl halides is 1. The zero-order chi connectivity index (χ0) is 13.7. The minimum absolute atomic E-state index is 0.146. The monoisotopic (exact) mass is 380 g/mol. The first kappa shape index (κ1) is 16.0. The summed E-state index contributed by atoms with van der Waals surface area (Å²) in [7, 11) is 0. The zero-order valence-corrected chi connectivity index (χ0v) is 14.7. The fourth-order valence-corrected chi connectivity index (χ4v) is 4.34. The van der Waals surface area contributed by atoms with Crippen molar-refractivity contribution in [3.05, 3.63) is 0 Å². The fourth-order valence-electron chi connectivity index (χ4n) is 3.36. The van der Waals surface area contributed by atoms with Gasteiger partial charge in [-0.1, -0.05) is 36.4 Å². The molecule has 112 valence electrons. The van der Waals surface area contributed by atoms with Crippen molar-refractivity contribution in [1.29, 1.82) is 0 Å². The van der Waals surface area contributed by atoms with Crippen LogP contribution in [0, 0.1) is 11.8 Å². The Bertz CT molecular complexity index is 253. The van der Waals surface area contributed by atoms with E-state index in [1.165, 1.54) is 44.9 Å². The summed E-state index contributed by atoms with van der Waals surface area (Å²) in [5, 5.41) is 0. The van der Waals surface area contributed by atoms with Gasteiger partial charge in [-0.05, 0) is 56.8 Å². The number of hydrogen-bond donors (Lipinski definition) is 0. The van der Waals surface area contributed by atoms with Gasteiger partial charge in [0.25, 0.3) is 0 Å². The molecule has 0 spiro atoms. The van der Waals surface area contributed by atoms with E-state index in [9.17, 15) is 0 Å². The Labute approximate surface area is 132 Å². The van der Waals surface area contributed by atoms with Crippen LogP contribution in [0.1, 0.15) is 58.8 Å². The molecule has 1 heterocycles. The van der Waals surface area contributed by atoms with Crippen molar-refractivity contribution >= 4 is 22.6 Å². The average molecular weight is 380 g/mol. The highest BCUT2D eigenvalue weighted by molar-refractivity contribution is 14.1. The van der Waals surface area contributed by atoms with E-state index in [1.54, 1.807) is 0 Å². The standard InChI is InChI=1S/C16H29IO2/c1-13(2)14-6-8-16(12-17,9-7-14)19-11-15-5-3-4-10-18-15/h13-15H,3-12H2,1-2H3. The molecule has 0 aromatic heterocycles. The summed E-state index contributed by atoms with van der Waals surface area (Å²) in [6, 6.07) is 0. The minimum Gasteiger partial charge on any atom is -0.376 e. The maximum atomic E-state index is 6.35. The topological polar surface area (TPSA) is 18.5 Å². The molecule has 0 bridgehead atoms. The predicted molar refractivity (Wildman–Crippen MR) is 88.0 cm³/mol. The second kappa shape index (κ2) is 7.60. The highest BCUT2D eigenvalue weighted by atomic mass is 127. The summed E-state index contributed by atoms with van der Waals surface area (Å²) >= 11 is 2.51. The first-order valence-corrected chi connectivity index (χ1v) is 9.49. The molecule has 3 heteroatoms. The third-order valence-corrected chi connectivity index (χ3v) is 6.37. The van der Waals surface area contributed by atoms with Crippen LogP contribution >= 0.6 is 22.6 Å². The first-order valence-electron chi connectivity index (χ1n) is 7.97. The van der Waals surface area contributed by atoms with Gasteiger partial charge in [0.1, 0.15) is 0 Å². The Kier molecular flexibility index (Phi) is 6.41. The van der Waals surface area contributed by atoms with Gasteiger partial charge in [0.05, 0.1) is 18.3 Å². The molecule has 19 heavy (non-hydrogen) atoms. The van der Waals surface area contributed by atoms with E-state index in [4.69, 9.17) is 9.47 Å². The Morgan fingerprint density at radius 2 is 1.95 bits per heavy atom. The molecule has 1 atom stereocenters. The van der Waals surface area contributed by atoms with Gasteiger partial charge in [-0.3, -0.25) is 0 Å². The Balaban J connectivity index is 1.79. The Hall–Kier alpha value is 0.650. The van der Waals surface area contributed by atoms with Crippen LogP contribution in [0.4, 0.5) is 0 Å². The number of ether oxygens (including phenoxy) is 2.